The van der Waals surface area contributed by atoms with Gasteiger partial charge in [-0.2, -0.15) is 0 Å². The molecule has 1 N–H and O–H groups in total. The molecule has 0 unspecified atom stereocenters. The summed E-state index contributed by atoms with van der Waals surface area (Å²) in [7, 11) is 1.71. The van der Waals surface area contributed by atoms with Crippen LogP contribution >= 0.6 is 0 Å². The molecule has 0 spiro atoms. The van der Waals surface area contributed by atoms with Crippen LogP contribution in [-0.2, 0) is 11.8 Å². The van der Waals surface area contributed by atoms with Crippen molar-refractivity contribution in [2.24, 2.45) is 0 Å². The molecule has 1 aliphatic heterocycles. The first-order chi connectivity index (χ1) is 12.7. The van der Waals surface area contributed by atoms with Crippen LogP contribution in [0, 0.1) is 0 Å². The lowest BCUT2D eigenvalue weighted by Gasteiger charge is -2.54. The van der Waals surface area contributed by atoms with Crippen LogP contribution in [-0.4, -0.2) is 42.4 Å². The van der Waals surface area contributed by atoms with Gasteiger partial charge >= 0.3 is 0 Å². The highest BCUT2D eigenvalue weighted by molar-refractivity contribution is 5.37. The van der Waals surface area contributed by atoms with Gasteiger partial charge in [0.15, 0.2) is 0 Å². The van der Waals surface area contributed by atoms with Crippen LogP contribution in [0.5, 0.6) is 5.75 Å². The van der Waals surface area contributed by atoms with E-state index in [0.29, 0.717) is 0 Å². The fourth-order valence-electron chi connectivity index (χ4n) is 5.05. The molecule has 0 radical (unpaired) electrons. The average molecular weight is 351 g/mol. The molecule has 1 saturated heterocycles. The molecule has 138 valence electrons. The molecule has 1 saturated carbocycles. The van der Waals surface area contributed by atoms with Crippen molar-refractivity contribution in [2.75, 3.05) is 20.2 Å². The van der Waals surface area contributed by atoms with Gasteiger partial charge in [0.2, 0.25) is 0 Å². The molecule has 3 nitrogen and oxygen atoms in total. The Morgan fingerprint density at radius 1 is 1.12 bits per heavy atom. The van der Waals surface area contributed by atoms with Gasteiger partial charge in [0, 0.05) is 18.0 Å². The predicted octanol–water partition coefficient (Wildman–Crippen LogP) is 3.79. The van der Waals surface area contributed by atoms with Crippen molar-refractivity contribution in [1.29, 1.82) is 0 Å². The summed E-state index contributed by atoms with van der Waals surface area (Å²) >= 11 is 0. The molecular formula is C23H29NO2. The summed E-state index contributed by atoms with van der Waals surface area (Å²) in [6.07, 6.45) is 5.13. The topological polar surface area (TPSA) is 32.7 Å². The molecule has 1 aliphatic carbocycles. The summed E-state index contributed by atoms with van der Waals surface area (Å²) in [4.78, 5) is 2.52. The summed E-state index contributed by atoms with van der Waals surface area (Å²) in [6.45, 7) is 2.09. The van der Waals surface area contributed by atoms with Crippen molar-refractivity contribution in [2.45, 2.75) is 49.7 Å². The average Bonchev–Trinajstić information content (AvgIpc) is 2.68. The van der Waals surface area contributed by atoms with Crippen molar-refractivity contribution >= 4 is 0 Å². The Kier molecular flexibility index (Phi) is 5.01. The van der Waals surface area contributed by atoms with Gasteiger partial charge in [-0.25, -0.2) is 0 Å². The smallest absolute Gasteiger partial charge is 0.119 e. The third-order valence-electron chi connectivity index (χ3n) is 6.54. The number of methoxy groups -OCH3 is 1. The molecule has 3 atom stereocenters. The van der Waals surface area contributed by atoms with E-state index in [0.717, 1.165) is 44.5 Å². The Morgan fingerprint density at radius 2 is 1.96 bits per heavy atom. The van der Waals surface area contributed by atoms with E-state index in [1.54, 1.807) is 7.11 Å². The number of hydrogen-bond donors (Lipinski definition) is 1. The first kappa shape index (κ1) is 17.6. The molecule has 2 fully saturated rings. The van der Waals surface area contributed by atoms with Crippen molar-refractivity contribution in [3.8, 4) is 5.75 Å². The first-order valence-corrected chi connectivity index (χ1v) is 9.83. The molecule has 0 amide bonds. The SMILES string of the molecule is COc1cccc([C@@]23CCC[C@@H]([C@H]2O)N(CCc2ccccc2)CC3)c1. The Labute approximate surface area is 156 Å². The van der Waals surface area contributed by atoms with E-state index in [1.165, 1.54) is 17.5 Å². The largest absolute Gasteiger partial charge is 0.497 e. The molecule has 26 heavy (non-hydrogen) atoms. The Balaban J connectivity index is 1.52. The number of fused-ring (bicyclic) bond motifs is 2. The third-order valence-corrected chi connectivity index (χ3v) is 6.54. The van der Waals surface area contributed by atoms with E-state index in [2.05, 4.69) is 53.4 Å². The number of likely N-dealkylation sites (tertiary alicyclic amines) is 1. The highest BCUT2D eigenvalue weighted by Gasteiger charge is 2.50. The quantitative estimate of drug-likeness (QED) is 0.889. The molecule has 2 bridgehead atoms. The second-order valence-corrected chi connectivity index (χ2v) is 7.81. The van der Waals surface area contributed by atoms with Crippen molar-refractivity contribution in [1.82, 2.24) is 4.90 Å². The number of rotatable bonds is 5. The van der Waals surface area contributed by atoms with Crippen LogP contribution in [0.15, 0.2) is 54.6 Å². The molecule has 2 aliphatic rings. The van der Waals surface area contributed by atoms with Gasteiger partial charge in [-0.15, -0.1) is 0 Å². The van der Waals surface area contributed by atoms with Crippen LogP contribution in [0.2, 0.25) is 0 Å². The van der Waals surface area contributed by atoms with E-state index in [1.807, 2.05) is 6.07 Å². The van der Waals surface area contributed by atoms with Crippen molar-refractivity contribution < 1.29 is 9.84 Å². The van der Waals surface area contributed by atoms with Crippen molar-refractivity contribution in [3.63, 3.8) is 0 Å². The van der Waals surface area contributed by atoms with Crippen LogP contribution in [0.1, 0.15) is 36.8 Å². The predicted molar refractivity (Wildman–Crippen MR) is 105 cm³/mol. The summed E-state index contributed by atoms with van der Waals surface area (Å²) in [5.74, 6) is 0.887. The summed E-state index contributed by atoms with van der Waals surface area (Å²) in [6, 6.07) is 19.3. The number of aliphatic hydroxyl groups is 1. The lowest BCUT2D eigenvalue weighted by Crippen LogP contribution is -2.62. The van der Waals surface area contributed by atoms with Gasteiger partial charge in [-0.1, -0.05) is 48.9 Å². The van der Waals surface area contributed by atoms with E-state index in [-0.39, 0.29) is 17.6 Å². The van der Waals surface area contributed by atoms with Crippen LogP contribution in [0.4, 0.5) is 0 Å². The van der Waals surface area contributed by atoms with Gasteiger partial charge in [0.25, 0.3) is 0 Å². The number of piperidine rings is 1. The van der Waals surface area contributed by atoms with Crippen LogP contribution in [0.25, 0.3) is 0 Å². The minimum atomic E-state index is -0.298. The number of hydrogen-bond acceptors (Lipinski definition) is 3. The second-order valence-electron chi connectivity index (χ2n) is 7.81. The maximum Gasteiger partial charge on any atom is 0.119 e. The standard InChI is InChI=1S/C23H29NO2/c1-26-20-10-5-9-19(17-20)23-13-6-11-21(22(23)25)24(16-14-23)15-12-18-7-3-2-4-8-18/h2-5,7-10,17,21-22,25H,6,11-16H2,1H3/t21-,22+,23-/m0/s1. The summed E-state index contributed by atoms with van der Waals surface area (Å²) < 4.78 is 5.43. The van der Waals surface area contributed by atoms with Gasteiger partial charge < -0.3 is 9.84 Å². The maximum atomic E-state index is 11.3. The normalized spacial score (nSPS) is 28.7. The fourth-order valence-corrected chi connectivity index (χ4v) is 5.05. The molecule has 2 aromatic carbocycles. The molecule has 1 heterocycles. The lowest BCUT2D eigenvalue weighted by atomic mass is 9.61. The lowest BCUT2D eigenvalue weighted by molar-refractivity contribution is -0.0761. The minimum absolute atomic E-state index is 0.110. The fraction of sp³-hybridized carbons (Fsp3) is 0.478. The molecule has 4 rings (SSSR count). The summed E-state index contributed by atoms with van der Waals surface area (Å²) in [5, 5.41) is 11.3. The van der Waals surface area contributed by atoms with Gasteiger partial charge in [-0.3, -0.25) is 4.90 Å². The highest BCUT2D eigenvalue weighted by Crippen LogP contribution is 2.47. The minimum Gasteiger partial charge on any atom is -0.497 e. The van der Waals surface area contributed by atoms with Crippen LogP contribution in [0.3, 0.4) is 0 Å². The number of ether oxygens (including phenoxy) is 1. The Morgan fingerprint density at radius 3 is 2.77 bits per heavy atom. The molecule has 2 aromatic rings. The molecule has 0 aromatic heterocycles. The Bertz CT molecular complexity index is 732. The van der Waals surface area contributed by atoms with E-state index < -0.39 is 0 Å². The maximum absolute atomic E-state index is 11.3. The van der Waals surface area contributed by atoms with Gasteiger partial charge in [0.1, 0.15) is 5.75 Å². The van der Waals surface area contributed by atoms with Crippen molar-refractivity contribution in [3.05, 3.63) is 65.7 Å². The first-order valence-electron chi connectivity index (χ1n) is 9.83. The van der Waals surface area contributed by atoms with E-state index >= 15 is 0 Å². The number of aliphatic hydroxyl groups excluding tert-OH is 1. The number of benzene rings is 2. The third kappa shape index (κ3) is 3.15. The summed E-state index contributed by atoms with van der Waals surface area (Å²) in [5.41, 5.74) is 2.51. The monoisotopic (exact) mass is 351 g/mol. The van der Waals surface area contributed by atoms with E-state index in [4.69, 9.17) is 4.74 Å². The second kappa shape index (κ2) is 7.42. The highest BCUT2D eigenvalue weighted by atomic mass is 16.5. The Hall–Kier alpha value is -1.84. The zero-order valence-corrected chi connectivity index (χ0v) is 15.6. The van der Waals surface area contributed by atoms with Gasteiger partial charge in [-0.05, 0) is 55.5 Å². The molecular weight excluding hydrogens is 322 g/mol. The van der Waals surface area contributed by atoms with Crippen LogP contribution < -0.4 is 4.74 Å². The van der Waals surface area contributed by atoms with Gasteiger partial charge in [0.05, 0.1) is 13.2 Å². The molecule has 3 heteroatoms. The zero-order valence-electron chi connectivity index (χ0n) is 15.6. The van der Waals surface area contributed by atoms with E-state index in [9.17, 15) is 5.11 Å². The zero-order chi connectivity index (χ0) is 18.0. The number of nitrogens with zero attached hydrogens (tertiary/aromatic N) is 1.